The van der Waals surface area contributed by atoms with E-state index in [1.54, 1.807) is 20.8 Å². The lowest BCUT2D eigenvalue weighted by molar-refractivity contribution is -0.153. The smallest absolute Gasteiger partial charge is 0.422 e. The van der Waals surface area contributed by atoms with Crippen molar-refractivity contribution in [2.75, 3.05) is 6.61 Å². The van der Waals surface area contributed by atoms with Gasteiger partial charge in [-0.3, -0.25) is 0 Å². The fourth-order valence-corrected chi connectivity index (χ4v) is 1.64. The summed E-state index contributed by atoms with van der Waals surface area (Å²) in [6, 6.07) is 4.13. The van der Waals surface area contributed by atoms with E-state index in [1.807, 2.05) is 0 Å². The lowest BCUT2D eigenvalue weighted by atomic mass is 10.1. The van der Waals surface area contributed by atoms with Gasteiger partial charge in [-0.15, -0.1) is 0 Å². The molecule has 1 rings (SSSR count). The Bertz CT molecular complexity index is 493. The van der Waals surface area contributed by atoms with Crippen molar-refractivity contribution in [2.45, 2.75) is 32.5 Å². The highest BCUT2D eigenvalue weighted by Gasteiger charge is 2.30. The second-order valence-corrected chi connectivity index (χ2v) is 5.96. The average Bonchev–Trinajstić information content (AvgIpc) is 2.23. The third-order valence-electron chi connectivity index (χ3n) is 1.95. The molecule has 0 amide bonds. The van der Waals surface area contributed by atoms with Crippen LogP contribution in [0.5, 0.6) is 5.75 Å². The molecular formula is C13H14BrF3O3. The molecule has 0 saturated heterocycles. The van der Waals surface area contributed by atoms with Crippen LogP contribution in [0.2, 0.25) is 0 Å². The van der Waals surface area contributed by atoms with Gasteiger partial charge in [0, 0.05) is 4.47 Å². The maximum absolute atomic E-state index is 12.2. The van der Waals surface area contributed by atoms with E-state index in [1.165, 1.54) is 18.2 Å². The first kappa shape index (κ1) is 16.8. The number of carbonyl (C=O) groups excluding carboxylic acids is 1. The molecule has 0 aliphatic carbocycles. The molecule has 0 saturated carbocycles. The summed E-state index contributed by atoms with van der Waals surface area (Å²) in [5.41, 5.74) is -0.806. The minimum atomic E-state index is -4.47. The van der Waals surface area contributed by atoms with Crippen molar-refractivity contribution in [1.82, 2.24) is 0 Å². The van der Waals surface area contributed by atoms with Crippen LogP contribution in [0.15, 0.2) is 22.7 Å². The monoisotopic (exact) mass is 354 g/mol. The van der Waals surface area contributed by atoms with Crippen LogP contribution in [0.1, 0.15) is 31.1 Å². The minimum Gasteiger partial charge on any atom is -0.483 e. The second kappa shape index (κ2) is 6.03. The van der Waals surface area contributed by atoms with E-state index >= 15 is 0 Å². The molecule has 0 atom stereocenters. The highest BCUT2D eigenvalue weighted by atomic mass is 79.9. The number of halogens is 4. The van der Waals surface area contributed by atoms with Crippen molar-refractivity contribution in [2.24, 2.45) is 0 Å². The highest BCUT2D eigenvalue weighted by molar-refractivity contribution is 9.10. The van der Waals surface area contributed by atoms with Crippen LogP contribution >= 0.6 is 15.9 Å². The van der Waals surface area contributed by atoms with Gasteiger partial charge in [0.25, 0.3) is 0 Å². The van der Waals surface area contributed by atoms with Crippen molar-refractivity contribution in [3.8, 4) is 5.75 Å². The van der Waals surface area contributed by atoms with E-state index in [4.69, 9.17) is 4.74 Å². The molecule has 0 heterocycles. The number of hydrogen-bond donors (Lipinski definition) is 0. The Hall–Kier alpha value is -1.24. The third kappa shape index (κ3) is 5.81. The van der Waals surface area contributed by atoms with Gasteiger partial charge in [-0.1, -0.05) is 15.9 Å². The quantitative estimate of drug-likeness (QED) is 0.757. The first-order chi connectivity index (χ1) is 8.98. The van der Waals surface area contributed by atoms with Crippen molar-refractivity contribution >= 4 is 21.9 Å². The molecule has 20 heavy (non-hydrogen) atoms. The van der Waals surface area contributed by atoms with Crippen LogP contribution in [0, 0.1) is 0 Å². The van der Waals surface area contributed by atoms with Crippen molar-refractivity contribution in [3.05, 3.63) is 28.2 Å². The van der Waals surface area contributed by atoms with Crippen LogP contribution in [0.25, 0.3) is 0 Å². The zero-order valence-corrected chi connectivity index (χ0v) is 12.8. The maximum atomic E-state index is 12.2. The molecule has 0 fully saturated rings. The zero-order valence-electron chi connectivity index (χ0n) is 11.2. The van der Waals surface area contributed by atoms with Gasteiger partial charge < -0.3 is 9.47 Å². The average molecular weight is 355 g/mol. The largest absolute Gasteiger partial charge is 0.483 e. The SMILES string of the molecule is CC(C)(C)OC(=O)c1cc(Br)ccc1OCC(F)(F)F. The standard InChI is InChI=1S/C13H14BrF3O3/c1-12(2,3)20-11(18)9-6-8(14)4-5-10(9)19-7-13(15,16)17/h4-6H,7H2,1-3H3. The van der Waals surface area contributed by atoms with Crippen LogP contribution in [0.3, 0.4) is 0 Å². The fraction of sp³-hybridized carbons (Fsp3) is 0.462. The number of alkyl halides is 3. The molecule has 0 aliphatic rings. The molecule has 1 aromatic rings. The van der Waals surface area contributed by atoms with Gasteiger partial charge in [0.05, 0.1) is 0 Å². The Labute approximate surface area is 123 Å². The zero-order chi connectivity index (χ0) is 15.6. The van der Waals surface area contributed by atoms with E-state index in [-0.39, 0.29) is 11.3 Å². The maximum Gasteiger partial charge on any atom is 0.422 e. The van der Waals surface area contributed by atoms with E-state index in [9.17, 15) is 18.0 Å². The Balaban J connectivity index is 2.99. The van der Waals surface area contributed by atoms with Crippen molar-refractivity contribution in [1.29, 1.82) is 0 Å². The molecule has 0 unspecified atom stereocenters. The predicted molar refractivity (Wildman–Crippen MR) is 70.9 cm³/mol. The second-order valence-electron chi connectivity index (χ2n) is 5.05. The van der Waals surface area contributed by atoms with Gasteiger partial charge in [-0.25, -0.2) is 4.79 Å². The predicted octanol–water partition coefficient (Wildman–Crippen LogP) is 4.35. The van der Waals surface area contributed by atoms with Crippen molar-refractivity contribution < 1.29 is 27.4 Å². The first-order valence-electron chi connectivity index (χ1n) is 5.70. The normalized spacial score (nSPS) is 12.2. The van der Waals surface area contributed by atoms with Crippen molar-refractivity contribution in [3.63, 3.8) is 0 Å². The number of hydrogen-bond acceptors (Lipinski definition) is 3. The van der Waals surface area contributed by atoms with E-state index in [0.717, 1.165) is 0 Å². The van der Waals surface area contributed by atoms with Gasteiger partial charge in [0.2, 0.25) is 0 Å². The molecule has 3 nitrogen and oxygen atoms in total. The number of benzene rings is 1. The van der Waals surface area contributed by atoms with Gasteiger partial charge in [0.15, 0.2) is 6.61 Å². The molecule has 112 valence electrons. The molecule has 0 N–H and O–H groups in total. The number of carbonyl (C=O) groups is 1. The van der Waals surface area contributed by atoms with Gasteiger partial charge >= 0.3 is 12.1 Å². The molecule has 0 aliphatic heterocycles. The summed E-state index contributed by atoms with van der Waals surface area (Å²) in [4.78, 5) is 12.0. The molecule has 1 aromatic carbocycles. The summed E-state index contributed by atoms with van der Waals surface area (Å²) in [5.74, 6) is -0.907. The fourth-order valence-electron chi connectivity index (χ4n) is 1.28. The van der Waals surface area contributed by atoms with E-state index in [2.05, 4.69) is 20.7 Å². The minimum absolute atomic E-state index is 0.0569. The van der Waals surface area contributed by atoms with Crippen LogP contribution in [-0.4, -0.2) is 24.4 Å². The molecule has 0 radical (unpaired) electrons. The molecular weight excluding hydrogens is 341 g/mol. The summed E-state index contributed by atoms with van der Waals surface area (Å²) in [6.45, 7) is 3.53. The summed E-state index contributed by atoms with van der Waals surface area (Å²) < 4.78 is 46.8. The Morgan fingerprint density at radius 3 is 2.35 bits per heavy atom. The van der Waals surface area contributed by atoms with E-state index in [0.29, 0.717) is 4.47 Å². The Kier molecular flexibility index (Phi) is 5.07. The number of rotatable bonds is 3. The summed E-state index contributed by atoms with van der Waals surface area (Å²) >= 11 is 3.15. The Morgan fingerprint density at radius 2 is 1.85 bits per heavy atom. The third-order valence-corrected chi connectivity index (χ3v) is 2.44. The van der Waals surface area contributed by atoms with Gasteiger partial charge in [-0.05, 0) is 39.0 Å². The summed E-state index contributed by atoms with van der Waals surface area (Å²) in [5, 5.41) is 0. The lowest BCUT2D eigenvalue weighted by Gasteiger charge is -2.21. The summed E-state index contributed by atoms with van der Waals surface area (Å²) in [6.07, 6.45) is -4.47. The van der Waals surface area contributed by atoms with Crippen LogP contribution in [-0.2, 0) is 4.74 Å². The van der Waals surface area contributed by atoms with Crippen LogP contribution < -0.4 is 4.74 Å². The number of ether oxygens (including phenoxy) is 2. The first-order valence-corrected chi connectivity index (χ1v) is 6.50. The molecule has 7 heteroatoms. The molecule has 0 spiro atoms. The topological polar surface area (TPSA) is 35.5 Å². The van der Waals surface area contributed by atoms with Crippen LogP contribution in [0.4, 0.5) is 13.2 Å². The lowest BCUT2D eigenvalue weighted by Crippen LogP contribution is -2.25. The van der Waals surface area contributed by atoms with Gasteiger partial charge in [-0.2, -0.15) is 13.2 Å². The number of esters is 1. The Morgan fingerprint density at radius 1 is 1.25 bits per heavy atom. The highest BCUT2D eigenvalue weighted by Crippen LogP contribution is 2.27. The van der Waals surface area contributed by atoms with Gasteiger partial charge in [0.1, 0.15) is 16.9 Å². The molecule has 0 bridgehead atoms. The van der Waals surface area contributed by atoms with E-state index < -0.39 is 24.4 Å². The summed E-state index contributed by atoms with van der Waals surface area (Å²) in [7, 11) is 0. The molecule has 0 aromatic heterocycles.